The number of nitrogens with one attached hydrogen (secondary N) is 2. The van der Waals surface area contributed by atoms with Crippen molar-refractivity contribution in [2.75, 3.05) is 13.1 Å². The lowest BCUT2D eigenvalue weighted by molar-refractivity contribution is -0.141. The van der Waals surface area contributed by atoms with Crippen molar-refractivity contribution in [1.82, 2.24) is 10.6 Å². The van der Waals surface area contributed by atoms with Crippen molar-refractivity contribution < 1.29 is 14.7 Å². The lowest BCUT2D eigenvalue weighted by Gasteiger charge is -2.15. The van der Waals surface area contributed by atoms with Crippen LogP contribution < -0.4 is 10.6 Å². The van der Waals surface area contributed by atoms with Crippen LogP contribution in [0.15, 0.2) is 30.3 Å². The number of benzene rings is 1. The Kier molecular flexibility index (Phi) is 5.75. The Balaban J connectivity index is 1.81. The van der Waals surface area contributed by atoms with Crippen molar-refractivity contribution in [2.45, 2.75) is 31.7 Å². The van der Waals surface area contributed by atoms with E-state index < -0.39 is 12.0 Å². The second-order valence-electron chi connectivity index (χ2n) is 5.55. The van der Waals surface area contributed by atoms with Crippen LogP contribution in [0.2, 0.25) is 0 Å². The van der Waals surface area contributed by atoms with Crippen LogP contribution in [-0.4, -0.2) is 36.1 Å². The lowest BCUT2D eigenvalue weighted by atomic mass is 10.0. The van der Waals surface area contributed by atoms with E-state index in [0.717, 1.165) is 31.5 Å². The molecule has 0 aromatic heterocycles. The van der Waals surface area contributed by atoms with E-state index >= 15 is 0 Å². The van der Waals surface area contributed by atoms with Crippen LogP contribution in [-0.2, 0) is 16.0 Å². The van der Waals surface area contributed by atoms with E-state index in [4.69, 9.17) is 0 Å². The van der Waals surface area contributed by atoms with Gasteiger partial charge in [0, 0.05) is 12.8 Å². The summed E-state index contributed by atoms with van der Waals surface area (Å²) in [6.45, 7) is 1.97. The molecule has 2 atom stereocenters. The molecular weight excluding hydrogens is 268 g/mol. The van der Waals surface area contributed by atoms with Gasteiger partial charge in [-0.1, -0.05) is 30.3 Å². The van der Waals surface area contributed by atoms with E-state index in [9.17, 15) is 14.7 Å². The number of amides is 1. The fraction of sp³-hybridized carbons (Fsp3) is 0.500. The quantitative estimate of drug-likeness (QED) is 0.705. The highest BCUT2D eigenvalue weighted by Gasteiger charge is 2.21. The SMILES string of the molecule is O=C(CCC1CCNC1)NC(Cc1ccccc1)C(=O)O. The summed E-state index contributed by atoms with van der Waals surface area (Å²) in [6.07, 6.45) is 2.62. The number of rotatable bonds is 7. The lowest BCUT2D eigenvalue weighted by Crippen LogP contribution is -2.42. The van der Waals surface area contributed by atoms with Crippen molar-refractivity contribution >= 4 is 11.9 Å². The molecule has 2 unspecified atom stereocenters. The van der Waals surface area contributed by atoms with E-state index in [1.54, 1.807) is 0 Å². The first kappa shape index (κ1) is 15.5. The third-order valence-electron chi connectivity index (χ3n) is 3.86. The van der Waals surface area contributed by atoms with Gasteiger partial charge < -0.3 is 15.7 Å². The second-order valence-corrected chi connectivity index (χ2v) is 5.55. The molecule has 0 aliphatic carbocycles. The Morgan fingerprint density at radius 1 is 1.33 bits per heavy atom. The molecule has 1 aromatic rings. The van der Waals surface area contributed by atoms with Crippen LogP contribution in [0.4, 0.5) is 0 Å². The van der Waals surface area contributed by atoms with Crippen molar-refractivity contribution in [3.63, 3.8) is 0 Å². The highest BCUT2D eigenvalue weighted by molar-refractivity contribution is 5.83. The van der Waals surface area contributed by atoms with Crippen LogP contribution in [0.3, 0.4) is 0 Å². The Labute approximate surface area is 124 Å². The summed E-state index contributed by atoms with van der Waals surface area (Å²) in [4.78, 5) is 23.2. The summed E-state index contributed by atoms with van der Waals surface area (Å²) in [5.41, 5.74) is 0.908. The van der Waals surface area contributed by atoms with Crippen LogP contribution in [0.1, 0.15) is 24.8 Å². The van der Waals surface area contributed by atoms with Crippen molar-refractivity contribution in [2.24, 2.45) is 5.92 Å². The Morgan fingerprint density at radius 2 is 2.10 bits per heavy atom. The zero-order valence-electron chi connectivity index (χ0n) is 12.0. The number of carbonyl (C=O) groups is 2. The van der Waals surface area contributed by atoms with Crippen molar-refractivity contribution in [3.05, 3.63) is 35.9 Å². The Hall–Kier alpha value is -1.88. The zero-order valence-corrected chi connectivity index (χ0v) is 12.0. The van der Waals surface area contributed by atoms with Crippen LogP contribution >= 0.6 is 0 Å². The van der Waals surface area contributed by atoms with Crippen LogP contribution in [0.25, 0.3) is 0 Å². The molecule has 1 saturated heterocycles. The van der Waals surface area contributed by atoms with Gasteiger partial charge in [-0.3, -0.25) is 4.79 Å². The molecule has 5 nitrogen and oxygen atoms in total. The topological polar surface area (TPSA) is 78.4 Å². The first-order chi connectivity index (χ1) is 10.1. The molecule has 1 heterocycles. The minimum Gasteiger partial charge on any atom is -0.480 e. The van der Waals surface area contributed by atoms with Gasteiger partial charge in [0.1, 0.15) is 6.04 Å². The molecule has 1 aliphatic rings. The average molecular weight is 290 g/mol. The molecule has 1 amide bonds. The van der Waals surface area contributed by atoms with E-state index in [0.29, 0.717) is 18.8 Å². The number of carboxylic acid groups (broad SMARTS) is 1. The Morgan fingerprint density at radius 3 is 2.71 bits per heavy atom. The van der Waals surface area contributed by atoms with E-state index in [1.807, 2.05) is 30.3 Å². The molecule has 1 aromatic carbocycles. The van der Waals surface area contributed by atoms with Crippen molar-refractivity contribution in [1.29, 1.82) is 0 Å². The first-order valence-electron chi connectivity index (χ1n) is 7.42. The fourth-order valence-electron chi connectivity index (χ4n) is 2.61. The molecule has 5 heteroatoms. The average Bonchev–Trinajstić information content (AvgIpc) is 2.99. The molecule has 1 fully saturated rings. The molecule has 3 N–H and O–H groups in total. The highest BCUT2D eigenvalue weighted by Crippen LogP contribution is 2.14. The van der Waals surface area contributed by atoms with Crippen LogP contribution in [0, 0.1) is 5.92 Å². The molecule has 0 radical (unpaired) electrons. The standard InChI is InChI=1S/C16H22N2O3/c19-15(7-6-13-8-9-17-11-13)18-14(16(20)21)10-12-4-2-1-3-5-12/h1-5,13-14,17H,6-11H2,(H,18,19)(H,20,21). The molecule has 21 heavy (non-hydrogen) atoms. The van der Waals surface area contributed by atoms with Gasteiger partial charge >= 0.3 is 5.97 Å². The predicted octanol–water partition coefficient (Wildman–Crippen LogP) is 1.19. The minimum atomic E-state index is -0.991. The maximum absolute atomic E-state index is 11.9. The van der Waals surface area contributed by atoms with Crippen LogP contribution in [0.5, 0.6) is 0 Å². The Bertz CT molecular complexity index is 470. The first-order valence-corrected chi connectivity index (χ1v) is 7.42. The molecule has 114 valence electrons. The van der Waals surface area contributed by atoms with E-state index in [1.165, 1.54) is 0 Å². The highest BCUT2D eigenvalue weighted by atomic mass is 16.4. The molecular formula is C16H22N2O3. The molecule has 0 spiro atoms. The van der Waals surface area contributed by atoms with E-state index in [2.05, 4.69) is 10.6 Å². The summed E-state index contributed by atoms with van der Waals surface area (Å²) < 4.78 is 0. The normalized spacial score (nSPS) is 19.1. The third-order valence-corrected chi connectivity index (χ3v) is 3.86. The van der Waals surface area contributed by atoms with Gasteiger partial charge in [-0.25, -0.2) is 4.79 Å². The van der Waals surface area contributed by atoms with Gasteiger partial charge in [-0.05, 0) is 37.4 Å². The van der Waals surface area contributed by atoms with Crippen molar-refractivity contribution in [3.8, 4) is 0 Å². The zero-order chi connectivity index (χ0) is 15.1. The van der Waals surface area contributed by atoms with E-state index in [-0.39, 0.29) is 5.91 Å². The monoisotopic (exact) mass is 290 g/mol. The number of carboxylic acids is 1. The minimum absolute atomic E-state index is 0.176. The summed E-state index contributed by atoms with van der Waals surface area (Å²) in [6, 6.07) is 8.49. The molecule has 0 bridgehead atoms. The van der Waals surface area contributed by atoms with Gasteiger partial charge in [0.2, 0.25) is 5.91 Å². The molecule has 2 rings (SSSR count). The van der Waals surface area contributed by atoms with Gasteiger partial charge in [0.15, 0.2) is 0 Å². The molecule has 0 saturated carbocycles. The second kappa shape index (κ2) is 7.78. The number of hydrogen-bond acceptors (Lipinski definition) is 3. The maximum atomic E-state index is 11.9. The summed E-state index contributed by atoms with van der Waals surface area (Å²) >= 11 is 0. The summed E-state index contributed by atoms with van der Waals surface area (Å²) in [5, 5.41) is 15.1. The fourth-order valence-corrected chi connectivity index (χ4v) is 2.61. The third kappa shape index (κ3) is 5.19. The summed E-state index contributed by atoms with van der Waals surface area (Å²) in [5.74, 6) is -0.631. The smallest absolute Gasteiger partial charge is 0.326 e. The van der Waals surface area contributed by atoms with Gasteiger partial charge in [-0.2, -0.15) is 0 Å². The number of carbonyl (C=O) groups excluding carboxylic acids is 1. The molecule has 1 aliphatic heterocycles. The van der Waals surface area contributed by atoms with Gasteiger partial charge in [-0.15, -0.1) is 0 Å². The summed E-state index contributed by atoms with van der Waals surface area (Å²) in [7, 11) is 0. The number of aliphatic carboxylic acids is 1. The number of hydrogen-bond donors (Lipinski definition) is 3. The largest absolute Gasteiger partial charge is 0.480 e. The van der Waals surface area contributed by atoms with Gasteiger partial charge in [0.05, 0.1) is 0 Å². The maximum Gasteiger partial charge on any atom is 0.326 e. The predicted molar refractivity (Wildman–Crippen MR) is 79.9 cm³/mol. The van der Waals surface area contributed by atoms with Gasteiger partial charge in [0.25, 0.3) is 0 Å².